The smallest absolute Gasteiger partial charge is 0.269 e. The van der Waals surface area contributed by atoms with Gasteiger partial charge in [0.2, 0.25) is 17.7 Å². The number of nitro benzene ring substituents is 1. The number of anilines is 2. The largest absolute Gasteiger partial charge is 0.497 e. The van der Waals surface area contributed by atoms with Crippen molar-refractivity contribution < 1.29 is 24.0 Å². The highest BCUT2D eigenvalue weighted by Crippen LogP contribution is 2.61. The number of rotatable bonds is 3. The second-order valence-electron chi connectivity index (χ2n) is 9.28. The summed E-state index contributed by atoms with van der Waals surface area (Å²) >= 11 is 0. The molecule has 10 nitrogen and oxygen atoms in total. The van der Waals surface area contributed by atoms with Crippen LogP contribution in [0.25, 0.3) is 0 Å². The van der Waals surface area contributed by atoms with Crippen molar-refractivity contribution in [2.45, 2.75) is 31.3 Å². The van der Waals surface area contributed by atoms with E-state index in [1.165, 1.54) is 25.3 Å². The molecule has 4 heterocycles. The third-order valence-corrected chi connectivity index (χ3v) is 7.83. The maximum Gasteiger partial charge on any atom is 0.269 e. The molecule has 1 spiro atoms. The van der Waals surface area contributed by atoms with E-state index in [0.29, 0.717) is 41.2 Å². The highest BCUT2D eigenvalue weighted by Gasteiger charge is 2.74. The van der Waals surface area contributed by atoms with E-state index in [4.69, 9.17) is 4.74 Å². The van der Waals surface area contributed by atoms with Gasteiger partial charge >= 0.3 is 0 Å². The molecule has 34 heavy (non-hydrogen) atoms. The molecule has 4 aliphatic rings. The molecule has 4 aliphatic heterocycles. The van der Waals surface area contributed by atoms with Gasteiger partial charge in [0.05, 0.1) is 29.6 Å². The Kier molecular flexibility index (Phi) is 4.20. The number of nitrogens with one attached hydrogen (secondary N) is 1. The first kappa shape index (κ1) is 20.8. The Bertz CT molecular complexity index is 1310. The molecule has 3 fully saturated rings. The number of methoxy groups -OCH3 is 1. The second-order valence-corrected chi connectivity index (χ2v) is 9.28. The molecule has 3 amide bonds. The van der Waals surface area contributed by atoms with Crippen LogP contribution in [0.5, 0.6) is 5.75 Å². The van der Waals surface area contributed by atoms with E-state index in [1.54, 1.807) is 25.1 Å². The standard InChI is InChI=1S/C24H22N4O6/c1-12-10-13(28(32)33)5-8-17(12)27-21(29)19-18-4-3-9-26(18)24(20(19)22(27)30)15-11-14(34-2)6-7-16(15)25-23(24)31/h5-8,10-11,18-20H,3-4,9H2,1-2H3,(H,25,31). The number of imide groups is 1. The van der Waals surface area contributed by atoms with E-state index < -0.39 is 28.2 Å². The Labute approximate surface area is 194 Å². The van der Waals surface area contributed by atoms with E-state index in [9.17, 15) is 24.5 Å². The first-order valence-corrected chi connectivity index (χ1v) is 11.2. The first-order chi connectivity index (χ1) is 16.3. The third kappa shape index (κ3) is 2.35. The zero-order chi connectivity index (χ0) is 23.9. The minimum Gasteiger partial charge on any atom is -0.497 e. The summed E-state index contributed by atoms with van der Waals surface area (Å²) in [5, 5.41) is 14.1. The van der Waals surface area contributed by atoms with E-state index in [2.05, 4.69) is 5.32 Å². The highest BCUT2D eigenvalue weighted by atomic mass is 16.6. The lowest BCUT2D eigenvalue weighted by atomic mass is 9.75. The molecule has 6 rings (SSSR count). The van der Waals surface area contributed by atoms with E-state index in [-0.39, 0.29) is 23.5 Å². The minimum absolute atomic E-state index is 0.116. The van der Waals surface area contributed by atoms with Gasteiger partial charge in [0, 0.05) is 29.4 Å². The number of non-ortho nitro benzene ring substituents is 1. The molecule has 4 unspecified atom stereocenters. The van der Waals surface area contributed by atoms with Crippen LogP contribution in [0.2, 0.25) is 0 Å². The minimum atomic E-state index is -1.30. The zero-order valence-corrected chi connectivity index (χ0v) is 18.6. The van der Waals surface area contributed by atoms with Crippen molar-refractivity contribution in [1.82, 2.24) is 4.90 Å². The fourth-order valence-electron chi connectivity index (χ4n) is 6.55. The summed E-state index contributed by atoms with van der Waals surface area (Å²) < 4.78 is 5.41. The molecule has 0 aliphatic carbocycles. The van der Waals surface area contributed by atoms with E-state index in [1.807, 2.05) is 4.90 Å². The van der Waals surface area contributed by atoms with Gasteiger partial charge in [-0.2, -0.15) is 0 Å². The van der Waals surface area contributed by atoms with Crippen molar-refractivity contribution in [3.8, 4) is 5.75 Å². The van der Waals surface area contributed by atoms with Gasteiger partial charge in [-0.15, -0.1) is 0 Å². The predicted molar refractivity (Wildman–Crippen MR) is 120 cm³/mol. The molecule has 4 atom stereocenters. The highest BCUT2D eigenvalue weighted by molar-refractivity contribution is 6.26. The maximum absolute atomic E-state index is 14.0. The lowest BCUT2D eigenvalue weighted by Crippen LogP contribution is -2.54. The monoisotopic (exact) mass is 462 g/mol. The number of carbonyl (C=O) groups is 3. The predicted octanol–water partition coefficient (Wildman–Crippen LogP) is 2.34. The second kappa shape index (κ2) is 6.86. The van der Waals surface area contributed by atoms with Crippen molar-refractivity contribution in [3.63, 3.8) is 0 Å². The molecule has 174 valence electrons. The van der Waals surface area contributed by atoms with Crippen molar-refractivity contribution >= 4 is 34.8 Å². The fraction of sp³-hybridized carbons (Fsp3) is 0.375. The Balaban J connectivity index is 1.53. The Morgan fingerprint density at radius 3 is 2.65 bits per heavy atom. The number of ether oxygens (including phenoxy) is 1. The molecule has 10 heteroatoms. The van der Waals surface area contributed by atoms with Crippen molar-refractivity contribution in [3.05, 3.63) is 57.6 Å². The Morgan fingerprint density at radius 2 is 1.94 bits per heavy atom. The number of hydrogen-bond donors (Lipinski definition) is 1. The molecule has 0 saturated carbocycles. The molecular weight excluding hydrogens is 440 g/mol. The van der Waals surface area contributed by atoms with Crippen LogP contribution in [0.15, 0.2) is 36.4 Å². The van der Waals surface area contributed by atoms with Crippen LogP contribution >= 0.6 is 0 Å². The van der Waals surface area contributed by atoms with Crippen LogP contribution in [0.1, 0.15) is 24.0 Å². The van der Waals surface area contributed by atoms with Gasteiger partial charge in [0.15, 0.2) is 0 Å². The maximum atomic E-state index is 14.0. The van der Waals surface area contributed by atoms with E-state index in [0.717, 1.165) is 11.3 Å². The summed E-state index contributed by atoms with van der Waals surface area (Å²) in [6, 6.07) is 9.13. The number of aryl methyl sites for hydroxylation is 1. The molecule has 3 saturated heterocycles. The summed E-state index contributed by atoms with van der Waals surface area (Å²) in [5.41, 5.74) is 0.619. The molecule has 2 aromatic carbocycles. The van der Waals surface area contributed by atoms with Crippen molar-refractivity contribution in [1.29, 1.82) is 0 Å². The van der Waals surface area contributed by atoms with Gasteiger partial charge in [-0.1, -0.05) is 0 Å². The van der Waals surface area contributed by atoms with Crippen molar-refractivity contribution in [2.75, 3.05) is 23.9 Å². The number of carbonyl (C=O) groups excluding carboxylic acids is 3. The lowest BCUT2D eigenvalue weighted by Gasteiger charge is -2.36. The number of fused-ring (bicyclic) bond motifs is 7. The molecule has 0 bridgehead atoms. The normalized spacial score (nSPS) is 29.4. The topological polar surface area (TPSA) is 122 Å². The van der Waals surface area contributed by atoms with Crippen LogP contribution < -0.4 is 15.0 Å². The number of amides is 3. The lowest BCUT2D eigenvalue weighted by molar-refractivity contribution is -0.384. The Hall–Kier alpha value is -3.79. The Morgan fingerprint density at radius 1 is 1.15 bits per heavy atom. The van der Waals surface area contributed by atoms with Gasteiger partial charge < -0.3 is 10.1 Å². The van der Waals surface area contributed by atoms with Crippen LogP contribution in [0, 0.1) is 28.9 Å². The summed E-state index contributed by atoms with van der Waals surface area (Å²) in [7, 11) is 1.54. The molecular formula is C24H22N4O6. The molecule has 2 aromatic rings. The quantitative estimate of drug-likeness (QED) is 0.422. The summed E-state index contributed by atoms with van der Waals surface area (Å²) in [4.78, 5) is 55.3. The fourth-order valence-corrected chi connectivity index (χ4v) is 6.55. The van der Waals surface area contributed by atoms with Gasteiger partial charge in [0.25, 0.3) is 5.69 Å². The zero-order valence-electron chi connectivity index (χ0n) is 18.6. The van der Waals surface area contributed by atoms with Gasteiger partial charge in [-0.05, 0) is 56.1 Å². The average Bonchev–Trinajstić information content (AvgIpc) is 3.52. The summed E-state index contributed by atoms with van der Waals surface area (Å²) in [6.07, 6.45) is 1.53. The van der Waals surface area contributed by atoms with Gasteiger partial charge in [-0.25, -0.2) is 4.90 Å². The molecule has 0 aromatic heterocycles. The SMILES string of the molecule is COc1ccc2c(c1)C1(C(=O)N2)C2C(=O)N(c3ccc([N+](=O)[O-])cc3C)C(=O)C2C2CCCN21. The molecule has 0 radical (unpaired) electrons. The van der Waals surface area contributed by atoms with Crippen LogP contribution in [-0.2, 0) is 19.9 Å². The number of benzene rings is 2. The number of nitro groups is 1. The van der Waals surface area contributed by atoms with Gasteiger partial charge in [0.1, 0.15) is 11.3 Å². The summed E-state index contributed by atoms with van der Waals surface area (Å²) in [6.45, 7) is 2.25. The third-order valence-electron chi connectivity index (χ3n) is 7.83. The van der Waals surface area contributed by atoms with Crippen molar-refractivity contribution in [2.24, 2.45) is 11.8 Å². The van der Waals surface area contributed by atoms with Crippen LogP contribution in [0.4, 0.5) is 17.1 Å². The van der Waals surface area contributed by atoms with Crippen LogP contribution in [-0.4, -0.2) is 47.2 Å². The molecule has 1 N–H and O–H groups in total. The van der Waals surface area contributed by atoms with Gasteiger partial charge in [-0.3, -0.25) is 29.4 Å². The number of hydrogen-bond acceptors (Lipinski definition) is 7. The number of nitrogens with zero attached hydrogens (tertiary/aromatic N) is 3. The van der Waals surface area contributed by atoms with E-state index >= 15 is 0 Å². The average molecular weight is 462 g/mol. The first-order valence-electron chi connectivity index (χ1n) is 11.2. The van der Waals surface area contributed by atoms with Crippen LogP contribution in [0.3, 0.4) is 0 Å². The summed E-state index contributed by atoms with van der Waals surface area (Å²) in [5.74, 6) is -2.12.